The van der Waals surface area contributed by atoms with Crippen molar-refractivity contribution < 1.29 is 4.79 Å². The third kappa shape index (κ3) is 1.66. The quantitative estimate of drug-likeness (QED) is 0.565. The van der Waals surface area contributed by atoms with Crippen LogP contribution in [0.2, 0.25) is 0 Å². The van der Waals surface area contributed by atoms with Crippen LogP contribution in [-0.2, 0) is 0 Å². The molecule has 0 aliphatic heterocycles. The molecule has 1 amide bonds. The number of rotatable bonds is 2. The third-order valence-corrected chi connectivity index (χ3v) is 1.94. The van der Waals surface area contributed by atoms with Crippen molar-refractivity contribution in [2.75, 3.05) is 11.1 Å². The number of nitrogens with two attached hydrogens (primary N) is 1. The molecule has 0 spiro atoms. The molecule has 0 atom stereocenters. The fourth-order valence-corrected chi connectivity index (χ4v) is 1.11. The Hall–Kier alpha value is -2.31. The molecule has 7 heteroatoms. The topological polar surface area (TPSA) is 112 Å². The molecule has 0 aromatic carbocycles. The lowest BCUT2D eigenvalue weighted by Crippen LogP contribution is -2.15. The predicted molar refractivity (Wildman–Crippen MR) is 54.3 cm³/mol. The fourth-order valence-electron chi connectivity index (χ4n) is 1.11. The number of nitrogen functional groups attached to an aromatic ring is 1. The number of amides is 1. The van der Waals surface area contributed by atoms with Crippen molar-refractivity contribution in [2.24, 2.45) is 0 Å². The maximum absolute atomic E-state index is 11.6. The minimum Gasteiger partial charge on any atom is -0.395 e. The highest BCUT2D eigenvalue weighted by atomic mass is 16.2. The van der Waals surface area contributed by atoms with E-state index in [2.05, 4.69) is 25.5 Å². The highest BCUT2D eigenvalue weighted by Gasteiger charge is 2.15. The first kappa shape index (κ1) is 9.25. The number of hydrogen-bond acceptors (Lipinski definition) is 4. The summed E-state index contributed by atoms with van der Waals surface area (Å²) in [5.74, 6) is -0.0353. The second kappa shape index (κ2) is 3.45. The molecule has 0 saturated carbocycles. The molecule has 0 fully saturated rings. The zero-order valence-electron chi connectivity index (χ0n) is 8.03. The molecule has 0 unspecified atom stereocenters. The van der Waals surface area contributed by atoms with Crippen LogP contribution in [0.25, 0.3) is 0 Å². The second-order valence-electron chi connectivity index (χ2n) is 3.00. The molecule has 5 N–H and O–H groups in total. The average Bonchev–Trinajstić information content (AvgIpc) is 2.79. The first-order valence-corrected chi connectivity index (χ1v) is 4.29. The summed E-state index contributed by atoms with van der Waals surface area (Å²) in [6, 6.07) is 0. The van der Waals surface area contributed by atoms with Crippen LogP contribution in [0.5, 0.6) is 0 Å². The van der Waals surface area contributed by atoms with Crippen molar-refractivity contribution in [2.45, 2.75) is 6.92 Å². The van der Waals surface area contributed by atoms with Crippen molar-refractivity contribution in [1.82, 2.24) is 20.2 Å². The summed E-state index contributed by atoms with van der Waals surface area (Å²) in [4.78, 5) is 18.2. The van der Waals surface area contributed by atoms with Gasteiger partial charge in [0.2, 0.25) is 5.95 Å². The Morgan fingerprint density at radius 2 is 2.40 bits per heavy atom. The lowest BCUT2D eigenvalue weighted by atomic mass is 10.3. The standard InChI is InChI=1S/C8H10N6O/c1-4-5(9)6(14-13-4)7(15)12-8-10-2-3-11-8/h2-3H,9H2,1H3,(H,13,14)(H2,10,11,12,15). The number of aromatic amines is 2. The molecular formula is C8H10N6O. The van der Waals surface area contributed by atoms with E-state index in [1.54, 1.807) is 13.1 Å². The Bertz CT molecular complexity index is 471. The molecule has 0 radical (unpaired) electrons. The van der Waals surface area contributed by atoms with Gasteiger partial charge in [0, 0.05) is 12.4 Å². The van der Waals surface area contributed by atoms with E-state index in [-0.39, 0.29) is 5.69 Å². The molecule has 15 heavy (non-hydrogen) atoms. The van der Waals surface area contributed by atoms with Gasteiger partial charge < -0.3 is 10.7 Å². The molecule has 0 aliphatic rings. The van der Waals surface area contributed by atoms with E-state index in [9.17, 15) is 4.79 Å². The number of H-pyrrole nitrogens is 2. The molecule has 0 aliphatic carbocycles. The zero-order chi connectivity index (χ0) is 10.8. The minimum atomic E-state index is -0.396. The lowest BCUT2D eigenvalue weighted by Gasteiger charge is -1.98. The van der Waals surface area contributed by atoms with Crippen LogP contribution in [-0.4, -0.2) is 26.1 Å². The van der Waals surface area contributed by atoms with E-state index in [1.165, 1.54) is 6.20 Å². The van der Waals surface area contributed by atoms with Crippen molar-refractivity contribution in [3.05, 3.63) is 23.8 Å². The van der Waals surface area contributed by atoms with Gasteiger partial charge in [0.25, 0.3) is 5.91 Å². The van der Waals surface area contributed by atoms with Gasteiger partial charge in [0.05, 0.1) is 11.4 Å². The number of hydrogen-bond donors (Lipinski definition) is 4. The number of nitrogens with one attached hydrogen (secondary N) is 3. The SMILES string of the molecule is Cc1[nH]nc(C(=O)Nc2ncc[nH]2)c1N. The smallest absolute Gasteiger partial charge is 0.280 e. The molecule has 0 saturated heterocycles. The number of carbonyl (C=O) groups is 1. The Morgan fingerprint density at radius 1 is 1.60 bits per heavy atom. The number of aryl methyl sites for hydroxylation is 1. The zero-order valence-corrected chi connectivity index (χ0v) is 8.03. The molecule has 7 nitrogen and oxygen atoms in total. The van der Waals surface area contributed by atoms with Gasteiger partial charge >= 0.3 is 0 Å². The first-order chi connectivity index (χ1) is 7.18. The van der Waals surface area contributed by atoms with E-state index in [1.807, 2.05) is 0 Å². The van der Waals surface area contributed by atoms with Gasteiger partial charge in [-0.15, -0.1) is 0 Å². The monoisotopic (exact) mass is 206 g/mol. The number of aromatic nitrogens is 4. The van der Waals surface area contributed by atoms with Crippen LogP contribution < -0.4 is 11.1 Å². The third-order valence-electron chi connectivity index (χ3n) is 1.94. The van der Waals surface area contributed by atoms with Crippen LogP contribution >= 0.6 is 0 Å². The van der Waals surface area contributed by atoms with Crippen LogP contribution in [0.1, 0.15) is 16.2 Å². The Kier molecular flexibility index (Phi) is 2.13. The fraction of sp³-hybridized carbons (Fsp3) is 0.125. The molecule has 2 aromatic heterocycles. The summed E-state index contributed by atoms with van der Waals surface area (Å²) < 4.78 is 0. The van der Waals surface area contributed by atoms with Gasteiger partial charge in [0.1, 0.15) is 0 Å². The van der Waals surface area contributed by atoms with Crippen LogP contribution in [0, 0.1) is 6.92 Å². The second-order valence-corrected chi connectivity index (χ2v) is 3.00. The Balaban J connectivity index is 2.19. The summed E-state index contributed by atoms with van der Waals surface area (Å²) in [5.41, 5.74) is 6.83. The average molecular weight is 206 g/mol. The van der Waals surface area contributed by atoms with Crippen LogP contribution in [0.4, 0.5) is 11.6 Å². The normalized spacial score (nSPS) is 10.2. The maximum atomic E-state index is 11.6. The van der Waals surface area contributed by atoms with Crippen molar-refractivity contribution in [1.29, 1.82) is 0 Å². The molecule has 0 bridgehead atoms. The van der Waals surface area contributed by atoms with Crippen molar-refractivity contribution >= 4 is 17.5 Å². The highest BCUT2D eigenvalue weighted by molar-refractivity contribution is 6.05. The summed E-state index contributed by atoms with van der Waals surface area (Å²) in [5, 5.41) is 8.95. The van der Waals surface area contributed by atoms with Gasteiger partial charge in [-0.2, -0.15) is 5.10 Å². The largest absolute Gasteiger partial charge is 0.395 e. The predicted octanol–water partition coefficient (Wildman–Crippen LogP) is 0.276. The summed E-state index contributed by atoms with van der Waals surface area (Å²) in [6.07, 6.45) is 3.14. The highest BCUT2D eigenvalue weighted by Crippen LogP contribution is 2.13. The number of imidazole rings is 1. The van der Waals surface area contributed by atoms with Crippen LogP contribution in [0.3, 0.4) is 0 Å². The van der Waals surface area contributed by atoms with Gasteiger partial charge in [-0.1, -0.05) is 0 Å². The van der Waals surface area contributed by atoms with E-state index in [0.717, 1.165) is 0 Å². The Morgan fingerprint density at radius 3 is 2.93 bits per heavy atom. The van der Waals surface area contributed by atoms with E-state index >= 15 is 0 Å². The minimum absolute atomic E-state index is 0.170. The molecule has 2 rings (SSSR count). The van der Waals surface area contributed by atoms with Gasteiger partial charge in [-0.05, 0) is 6.92 Å². The number of carbonyl (C=O) groups excluding carboxylic acids is 1. The van der Waals surface area contributed by atoms with Gasteiger partial charge in [-0.3, -0.25) is 15.2 Å². The molecular weight excluding hydrogens is 196 g/mol. The molecule has 2 aromatic rings. The van der Waals surface area contributed by atoms with Crippen LogP contribution in [0.15, 0.2) is 12.4 Å². The number of anilines is 2. The van der Waals surface area contributed by atoms with E-state index < -0.39 is 5.91 Å². The summed E-state index contributed by atoms with van der Waals surface area (Å²) in [6.45, 7) is 1.74. The maximum Gasteiger partial charge on any atom is 0.280 e. The number of nitrogens with zero attached hydrogens (tertiary/aromatic N) is 2. The van der Waals surface area contributed by atoms with Crippen molar-refractivity contribution in [3.8, 4) is 0 Å². The summed E-state index contributed by atoms with van der Waals surface area (Å²) in [7, 11) is 0. The molecule has 2 heterocycles. The Labute approximate surface area is 85.1 Å². The van der Waals surface area contributed by atoms with E-state index in [4.69, 9.17) is 5.73 Å². The first-order valence-electron chi connectivity index (χ1n) is 4.29. The lowest BCUT2D eigenvalue weighted by molar-refractivity contribution is 0.102. The van der Waals surface area contributed by atoms with Gasteiger partial charge in [-0.25, -0.2) is 4.98 Å². The van der Waals surface area contributed by atoms with E-state index in [0.29, 0.717) is 17.3 Å². The molecule has 78 valence electrons. The van der Waals surface area contributed by atoms with Gasteiger partial charge in [0.15, 0.2) is 5.69 Å². The summed E-state index contributed by atoms with van der Waals surface area (Å²) >= 11 is 0. The van der Waals surface area contributed by atoms with Crippen molar-refractivity contribution in [3.63, 3.8) is 0 Å².